The van der Waals surface area contributed by atoms with Gasteiger partial charge in [-0.25, -0.2) is 4.39 Å². The summed E-state index contributed by atoms with van der Waals surface area (Å²) in [5.41, 5.74) is -0.828. The molecule has 1 aliphatic heterocycles. The van der Waals surface area contributed by atoms with E-state index in [1.807, 2.05) is 0 Å². The Labute approximate surface area is 137 Å². The molecule has 1 aliphatic rings. The molecular weight excluding hydrogens is 329 g/mol. The number of carbonyl (C=O) groups is 2. The van der Waals surface area contributed by atoms with Crippen LogP contribution in [-0.4, -0.2) is 42.3 Å². The quantitative estimate of drug-likeness (QED) is 0.823. The zero-order valence-electron chi connectivity index (χ0n) is 12.3. The first-order chi connectivity index (χ1) is 10.9. The highest BCUT2D eigenvalue weighted by molar-refractivity contribution is 6.30. The molecule has 1 aromatic carbocycles. The van der Waals surface area contributed by atoms with Crippen molar-refractivity contribution in [1.29, 1.82) is 0 Å². The van der Waals surface area contributed by atoms with Crippen LogP contribution in [0.1, 0.15) is 19.3 Å². The van der Waals surface area contributed by atoms with E-state index in [1.54, 1.807) is 0 Å². The first-order valence-electron chi connectivity index (χ1n) is 7.09. The number of halogens is 2. The number of aliphatic carboxylic acids is 1. The number of amides is 1. The highest BCUT2D eigenvalue weighted by atomic mass is 35.5. The van der Waals surface area contributed by atoms with E-state index in [0.29, 0.717) is 26.1 Å². The van der Waals surface area contributed by atoms with Crippen LogP contribution < -0.4 is 10.1 Å². The standard InChI is InChI=1S/C15H17ClFNO5/c16-11-7-10(1-2-12(11)17)23-9-13(19)18-15(8-14(20)21)3-5-22-6-4-15/h1-2,7H,3-6,8-9H2,(H,18,19)(H,20,21). The average Bonchev–Trinajstić information content (AvgIpc) is 2.48. The summed E-state index contributed by atoms with van der Waals surface area (Å²) in [6.07, 6.45) is 0.672. The van der Waals surface area contributed by atoms with Gasteiger partial charge >= 0.3 is 5.97 Å². The molecule has 0 aromatic heterocycles. The maximum Gasteiger partial charge on any atom is 0.305 e. The van der Waals surface area contributed by atoms with Crippen LogP contribution in [-0.2, 0) is 14.3 Å². The predicted octanol–water partition coefficient (Wildman–Crippen LogP) is 2.00. The Hall–Kier alpha value is -1.86. The Morgan fingerprint density at radius 1 is 1.39 bits per heavy atom. The second kappa shape index (κ2) is 7.61. The molecule has 1 heterocycles. The topological polar surface area (TPSA) is 84.9 Å². The lowest BCUT2D eigenvalue weighted by Gasteiger charge is -2.36. The molecule has 0 unspecified atom stereocenters. The van der Waals surface area contributed by atoms with Crippen molar-refractivity contribution in [1.82, 2.24) is 5.32 Å². The summed E-state index contributed by atoms with van der Waals surface area (Å²) in [6.45, 7) is 0.466. The van der Waals surface area contributed by atoms with Crippen LogP contribution in [0.4, 0.5) is 4.39 Å². The van der Waals surface area contributed by atoms with Crippen molar-refractivity contribution in [3.63, 3.8) is 0 Å². The van der Waals surface area contributed by atoms with Crippen LogP contribution in [0.5, 0.6) is 5.75 Å². The lowest BCUT2D eigenvalue weighted by atomic mass is 9.86. The number of ether oxygens (including phenoxy) is 2. The Bertz CT molecular complexity index is 589. The third-order valence-corrected chi connectivity index (χ3v) is 3.89. The number of benzene rings is 1. The highest BCUT2D eigenvalue weighted by Gasteiger charge is 2.36. The number of carboxylic acid groups (broad SMARTS) is 1. The number of rotatable bonds is 6. The van der Waals surface area contributed by atoms with Gasteiger partial charge in [-0.15, -0.1) is 0 Å². The molecule has 1 saturated heterocycles. The maximum atomic E-state index is 13.0. The first kappa shape index (κ1) is 17.5. The van der Waals surface area contributed by atoms with Crippen molar-refractivity contribution in [2.24, 2.45) is 0 Å². The van der Waals surface area contributed by atoms with Crippen LogP contribution in [0.2, 0.25) is 5.02 Å². The number of hydrogen-bond acceptors (Lipinski definition) is 4. The van der Waals surface area contributed by atoms with Crippen molar-refractivity contribution in [2.75, 3.05) is 19.8 Å². The number of hydrogen-bond donors (Lipinski definition) is 2. The summed E-state index contributed by atoms with van der Waals surface area (Å²) in [4.78, 5) is 23.1. The summed E-state index contributed by atoms with van der Waals surface area (Å²) in [5.74, 6) is -1.76. The third-order valence-electron chi connectivity index (χ3n) is 3.61. The van der Waals surface area contributed by atoms with Gasteiger partial charge in [0.05, 0.1) is 17.0 Å². The molecule has 0 aliphatic carbocycles. The first-order valence-corrected chi connectivity index (χ1v) is 7.46. The molecule has 2 rings (SSSR count). The number of nitrogens with one attached hydrogen (secondary N) is 1. The monoisotopic (exact) mass is 345 g/mol. The molecule has 0 bridgehead atoms. The third kappa shape index (κ3) is 5.07. The van der Waals surface area contributed by atoms with Crippen molar-refractivity contribution >= 4 is 23.5 Å². The van der Waals surface area contributed by atoms with Crippen LogP contribution in [0.15, 0.2) is 18.2 Å². The molecule has 2 N–H and O–H groups in total. The molecule has 8 heteroatoms. The average molecular weight is 346 g/mol. The summed E-state index contributed by atoms with van der Waals surface area (Å²) in [7, 11) is 0. The van der Waals surface area contributed by atoms with Crippen LogP contribution in [0.3, 0.4) is 0 Å². The van der Waals surface area contributed by atoms with Crippen molar-refractivity contribution < 1.29 is 28.6 Å². The van der Waals surface area contributed by atoms with Gasteiger partial charge in [0, 0.05) is 19.3 Å². The van der Waals surface area contributed by atoms with Crippen LogP contribution in [0.25, 0.3) is 0 Å². The minimum Gasteiger partial charge on any atom is -0.484 e. The SMILES string of the molecule is O=C(O)CC1(NC(=O)COc2ccc(F)c(Cl)c2)CCOCC1. The van der Waals surface area contributed by atoms with E-state index in [-0.39, 0.29) is 23.8 Å². The van der Waals surface area contributed by atoms with Crippen molar-refractivity contribution in [2.45, 2.75) is 24.8 Å². The molecule has 1 fully saturated rings. The maximum absolute atomic E-state index is 13.0. The Balaban J connectivity index is 1.93. The summed E-state index contributed by atoms with van der Waals surface area (Å²) in [5, 5.41) is 11.7. The normalized spacial score (nSPS) is 16.6. The summed E-state index contributed by atoms with van der Waals surface area (Å²) in [6, 6.07) is 3.77. The van der Waals surface area contributed by atoms with E-state index in [2.05, 4.69) is 5.32 Å². The van der Waals surface area contributed by atoms with E-state index in [4.69, 9.17) is 26.2 Å². The van der Waals surface area contributed by atoms with Gasteiger partial charge in [-0.05, 0) is 25.0 Å². The fourth-order valence-corrected chi connectivity index (χ4v) is 2.62. The van der Waals surface area contributed by atoms with E-state index in [1.165, 1.54) is 12.1 Å². The minimum atomic E-state index is -0.988. The van der Waals surface area contributed by atoms with E-state index in [0.717, 1.165) is 6.07 Å². The Kier molecular flexibility index (Phi) is 5.79. The van der Waals surface area contributed by atoms with Gasteiger partial charge in [0.2, 0.25) is 0 Å². The molecule has 0 saturated carbocycles. The van der Waals surface area contributed by atoms with Gasteiger partial charge in [0.1, 0.15) is 11.6 Å². The van der Waals surface area contributed by atoms with Gasteiger partial charge < -0.3 is 19.9 Å². The molecule has 0 spiro atoms. The van der Waals surface area contributed by atoms with Gasteiger partial charge in [0.15, 0.2) is 6.61 Å². The van der Waals surface area contributed by atoms with Crippen LogP contribution in [0, 0.1) is 5.82 Å². The van der Waals surface area contributed by atoms with E-state index < -0.39 is 23.2 Å². The smallest absolute Gasteiger partial charge is 0.305 e. The molecule has 23 heavy (non-hydrogen) atoms. The summed E-state index contributed by atoms with van der Waals surface area (Å²) >= 11 is 5.63. The molecule has 126 valence electrons. The molecule has 0 radical (unpaired) electrons. The van der Waals surface area contributed by atoms with Crippen molar-refractivity contribution in [3.8, 4) is 5.75 Å². The van der Waals surface area contributed by atoms with E-state index >= 15 is 0 Å². The zero-order chi connectivity index (χ0) is 16.9. The molecule has 1 amide bonds. The number of carboxylic acids is 1. The Morgan fingerprint density at radius 2 is 2.09 bits per heavy atom. The molecule has 6 nitrogen and oxygen atoms in total. The second-order valence-electron chi connectivity index (χ2n) is 5.38. The van der Waals surface area contributed by atoms with Crippen LogP contribution >= 0.6 is 11.6 Å². The van der Waals surface area contributed by atoms with Crippen molar-refractivity contribution in [3.05, 3.63) is 29.0 Å². The Morgan fingerprint density at radius 3 is 2.70 bits per heavy atom. The van der Waals surface area contributed by atoms with Gasteiger partial charge in [0.25, 0.3) is 5.91 Å². The fourth-order valence-electron chi connectivity index (χ4n) is 2.44. The number of carbonyl (C=O) groups excluding carboxylic acids is 1. The molecule has 1 aromatic rings. The largest absolute Gasteiger partial charge is 0.484 e. The zero-order valence-corrected chi connectivity index (χ0v) is 13.1. The lowest BCUT2D eigenvalue weighted by Crippen LogP contribution is -2.54. The minimum absolute atomic E-state index is 0.102. The highest BCUT2D eigenvalue weighted by Crippen LogP contribution is 2.25. The second-order valence-corrected chi connectivity index (χ2v) is 5.78. The predicted molar refractivity (Wildman–Crippen MR) is 80.1 cm³/mol. The summed E-state index contributed by atoms with van der Waals surface area (Å²) < 4.78 is 23.5. The fraction of sp³-hybridized carbons (Fsp3) is 0.467. The van der Waals surface area contributed by atoms with Gasteiger partial charge in [-0.2, -0.15) is 0 Å². The van der Waals surface area contributed by atoms with Gasteiger partial charge in [-0.1, -0.05) is 11.6 Å². The van der Waals surface area contributed by atoms with Gasteiger partial charge in [-0.3, -0.25) is 9.59 Å². The molecular formula is C15H17ClFNO5. The van der Waals surface area contributed by atoms with E-state index in [9.17, 15) is 14.0 Å². The lowest BCUT2D eigenvalue weighted by molar-refractivity contribution is -0.140. The molecule has 0 atom stereocenters.